The number of nitrogens with zero attached hydrogens (tertiary/aromatic N) is 2. The number of esters is 1. The maximum absolute atomic E-state index is 12.8. The molecule has 1 saturated heterocycles. The van der Waals surface area contributed by atoms with Gasteiger partial charge < -0.3 is 9.64 Å². The van der Waals surface area contributed by atoms with Crippen LogP contribution in [0.3, 0.4) is 0 Å². The average molecular weight is 433 g/mol. The lowest BCUT2D eigenvalue weighted by molar-refractivity contribution is -0.160. The molecule has 0 aliphatic carbocycles. The highest BCUT2D eigenvalue weighted by molar-refractivity contribution is 8.01. The van der Waals surface area contributed by atoms with Crippen molar-refractivity contribution in [2.75, 3.05) is 25.4 Å². The average Bonchev–Trinajstić information content (AvgIpc) is 3.17. The van der Waals surface area contributed by atoms with Gasteiger partial charge in [0.05, 0.1) is 17.8 Å². The Kier molecular flexibility index (Phi) is 7.72. The number of hydrogen-bond donors (Lipinski definition) is 0. The van der Waals surface area contributed by atoms with E-state index in [0.29, 0.717) is 38.3 Å². The van der Waals surface area contributed by atoms with Crippen molar-refractivity contribution < 1.29 is 14.3 Å². The molecule has 0 atom stereocenters. The summed E-state index contributed by atoms with van der Waals surface area (Å²) in [5.74, 6) is 0.391. The van der Waals surface area contributed by atoms with Crippen LogP contribution in [0.1, 0.15) is 37.4 Å². The van der Waals surface area contributed by atoms with Crippen molar-refractivity contribution in [3.05, 3.63) is 47.0 Å². The number of amides is 1. The molecule has 7 heteroatoms. The van der Waals surface area contributed by atoms with Crippen LogP contribution in [0, 0.1) is 12.3 Å². The van der Waals surface area contributed by atoms with E-state index in [9.17, 15) is 9.59 Å². The van der Waals surface area contributed by atoms with E-state index in [1.165, 1.54) is 17.3 Å². The summed E-state index contributed by atoms with van der Waals surface area (Å²) in [6, 6.07) is 10.2. The van der Waals surface area contributed by atoms with E-state index in [-0.39, 0.29) is 11.9 Å². The zero-order valence-corrected chi connectivity index (χ0v) is 18.7. The lowest BCUT2D eigenvalue weighted by Gasteiger charge is -2.40. The first-order valence-corrected chi connectivity index (χ1v) is 11.9. The van der Waals surface area contributed by atoms with E-state index in [1.54, 1.807) is 11.3 Å². The second kappa shape index (κ2) is 10.3. The van der Waals surface area contributed by atoms with Gasteiger partial charge in [-0.15, -0.1) is 11.3 Å². The second-order valence-electron chi connectivity index (χ2n) is 7.41. The Labute approximate surface area is 180 Å². The first-order chi connectivity index (χ1) is 14.0. The number of aryl methyl sites for hydroxylation is 2. The number of aromatic nitrogens is 1. The number of hydrogen-bond acceptors (Lipinski definition) is 6. The van der Waals surface area contributed by atoms with Crippen LogP contribution >= 0.6 is 23.1 Å². The molecule has 2 heterocycles. The minimum absolute atomic E-state index is 0.114. The van der Waals surface area contributed by atoms with Gasteiger partial charge in [-0.1, -0.05) is 42.1 Å². The van der Waals surface area contributed by atoms with Crippen LogP contribution in [0.2, 0.25) is 0 Å². The highest BCUT2D eigenvalue weighted by Gasteiger charge is 2.43. The molecule has 0 unspecified atom stereocenters. The molecule has 1 amide bonds. The third-order valence-corrected chi connectivity index (χ3v) is 7.56. The number of carbonyl (C=O) groups excluding carboxylic acids is 2. The lowest BCUT2D eigenvalue weighted by Crippen LogP contribution is -2.47. The summed E-state index contributed by atoms with van der Waals surface area (Å²) >= 11 is 3.06. The molecular weight excluding hydrogens is 404 g/mol. The molecule has 0 N–H and O–H groups in total. The SMILES string of the molecule is CCOC(=O)C1(CCc2ccccc2)CCN(C(=O)CSc2nc(C)cs2)CC1. The molecule has 5 nitrogen and oxygen atoms in total. The van der Waals surface area contributed by atoms with Gasteiger partial charge in [0.25, 0.3) is 0 Å². The molecule has 1 aliphatic heterocycles. The predicted octanol–water partition coefficient (Wildman–Crippen LogP) is 4.35. The first-order valence-electron chi connectivity index (χ1n) is 10.1. The zero-order valence-electron chi connectivity index (χ0n) is 17.1. The van der Waals surface area contributed by atoms with Gasteiger partial charge in [-0.05, 0) is 45.1 Å². The van der Waals surface area contributed by atoms with Gasteiger partial charge in [0.15, 0.2) is 4.34 Å². The maximum atomic E-state index is 12.8. The Morgan fingerprint density at radius 2 is 1.97 bits per heavy atom. The highest BCUT2D eigenvalue weighted by atomic mass is 32.2. The Bertz CT molecular complexity index is 814. The summed E-state index contributed by atoms with van der Waals surface area (Å²) < 4.78 is 6.35. The van der Waals surface area contributed by atoms with E-state index < -0.39 is 5.41 Å². The molecular formula is C22H28N2O3S2. The molecule has 1 fully saturated rings. The molecule has 3 rings (SSSR count). The van der Waals surface area contributed by atoms with Crippen molar-refractivity contribution in [3.63, 3.8) is 0 Å². The van der Waals surface area contributed by atoms with Crippen molar-refractivity contribution in [2.24, 2.45) is 5.41 Å². The van der Waals surface area contributed by atoms with E-state index >= 15 is 0 Å². The number of piperidine rings is 1. The monoisotopic (exact) mass is 432 g/mol. The van der Waals surface area contributed by atoms with Gasteiger partial charge in [0.1, 0.15) is 0 Å². The van der Waals surface area contributed by atoms with Crippen LogP contribution < -0.4 is 0 Å². The first kappa shape index (κ1) is 21.8. The lowest BCUT2D eigenvalue weighted by atomic mass is 9.74. The van der Waals surface area contributed by atoms with Gasteiger partial charge >= 0.3 is 5.97 Å². The van der Waals surface area contributed by atoms with Gasteiger partial charge in [-0.25, -0.2) is 4.98 Å². The second-order valence-corrected chi connectivity index (χ2v) is 9.49. The highest BCUT2D eigenvalue weighted by Crippen LogP contribution is 2.38. The Morgan fingerprint density at radius 1 is 1.24 bits per heavy atom. The maximum Gasteiger partial charge on any atom is 0.312 e. The van der Waals surface area contributed by atoms with Gasteiger partial charge in [-0.2, -0.15) is 0 Å². The largest absolute Gasteiger partial charge is 0.466 e. The Morgan fingerprint density at radius 3 is 2.59 bits per heavy atom. The standard InChI is InChI=1S/C22H28N2O3S2/c1-3-27-20(26)22(10-9-18-7-5-4-6-8-18)11-13-24(14-12-22)19(25)16-29-21-23-17(2)15-28-21/h4-8,15H,3,9-14,16H2,1-2H3. The molecule has 1 aromatic heterocycles. The van der Waals surface area contributed by atoms with Gasteiger partial charge in [0.2, 0.25) is 5.91 Å². The summed E-state index contributed by atoms with van der Waals surface area (Å²) in [6.45, 7) is 5.39. The molecule has 1 aliphatic rings. The van der Waals surface area contributed by atoms with Crippen LogP contribution in [-0.4, -0.2) is 47.2 Å². The van der Waals surface area contributed by atoms with Crippen LogP contribution in [-0.2, 0) is 20.7 Å². The normalized spacial score (nSPS) is 15.9. The van der Waals surface area contributed by atoms with Crippen molar-refractivity contribution >= 4 is 35.0 Å². The number of carbonyl (C=O) groups is 2. The number of ether oxygens (including phenoxy) is 1. The Balaban J connectivity index is 1.57. The predicted molar refractivity (Wildman–Crippen MR) is 117 cm³/mol. The number of thioether (sulfide) groups is 1. The third kappa shape index (κ3) is 5.82. The van der Waals surface area contributed by atoms with Crippen molar-refractivity contribution in [2.45, 2.75) is 43.9 Å². The molecule has 0 bridgehead atoms. The summed E-state index contributed by atoms with van der Waals surface area (Å²) in [5.41, 5.74) is 1.72. The smallest absolute Gasteiger partial charge is 0.312 e. The number of thiazole rings is 1. The van der Waals surface area contributed by atoms with Crippen LogP contribution in [0.4, 0.5) is 0 Å². The summed E-state index contributed by atoms with van der Waals surface area (Å²) in [5, 5.41) is 1.99. The fourth-order valence-electron chi connectivity index (χ4n) is 3.67. The van der Waals surface area contributed by atoms with E-state index in [1.807, 2.05) is 42.3 Å². The van der Waals surface area contributed by atoms with Crippen molar-refractivity contribution in [3.8, 4) is 0 Å². The van der Waals surface area contributed by atoms with Crippen LogP contribution in [0.25, 0.3) is 0 Å². The van der Waals surface area contributed by atoms with E-state index in [4.69, 9.17) is 4.74 Å². The molecule has 2 aromatic rings. The topological polar surface area (TPSA) is 59.5 Å². The number of likely N-dealkylation sites (tertiary alicyclic amines) is 1. The quantitative estimate of drug-likeness (QED) is 0.458. The minimum atomic E-state index is -0.498. The fourth-order valence-corrected chi connectivity index (χ4v) is 5.42. The summed E-state index contributed by atoms with van der Waals surface area (Å²) in [7, 11) is 0. The molecule has 156 valence electrons. The minimum Gasteiger partial charge on any atom is -0.466 e. The zero-order chi connectivity index (χ0) is 20.7. The fraction of sp³-hybridized carbons (Fsp3) is 0.500. The third-order valence-electron chi connectivity index (χ3n) is 5.43. The van der Waals surface area contributed by atoms with E-state index in [2.05, 4.69) is 17.1 Å². The molecule has 0 radical (unpaired) electrons. The Hall–Kier alpha value is -1.86. The molecule has 1 aromatic carbocycles. The van der Waals surface area contributed by atoms with Crippen molar-refractivity contribution in [1.29, 1.82) is 0 Å². The van der Waals surface area contributed by atoms with Gasteiger partial charge in [-0.3, -0.25) is 9.59 Å². The number of benzene rings is 1. The van der Waals surface area contributed by atoms with E-state index in [0.717, 1.165) is 22.9 Å². The molecule has 0 spiro atoms. The van der Waals surface area contributed by atoms with Crippen molar-refractivity contribution in [1.82, 2.24) is 9.88 Å². The molecule has 0 saturated carbocycles. The van der Waals surface area contributed by atoms with Crippen LogP contribution in [0.15, 0.2) is 40.1 Å². The summed E-state index contributed by atoms with van der Waals surface area (Å²) in [4.78, 5) is 31.7. The van der Waals surface area contributed by atoms with Gasteiger partial charge in [0, 0.05) is 24.2 Å². The van der Waals surface area contributed by atoms with Crippen LogP contribution in [0.5, 0.6) is 0 Å². The molecule has 29 heavy (non-hydrogen) atoms. The number of rotatable bonds is 8. The summed E-state index contributed by atoms with van der Waals surface area (Å²) in [6.07, 6.45) is 2.91.